The minimum atomic E-state index is 0.656. The summed E-state index contributed by atoms with van der Waals surface area (Å²) in [5.74, 6) is 1.73. The van der Waals surface area contributed by atoms with Gasteiger partial charge in [0.05, 0.1) is 20.3 Å². The maximum absolute atomic E-state index is 5.28. The third kappa shape index (κ3) is 7.56. The largest absolute Gasteiger partial charge is 0.497 e. The second-order valence-electron chi connectivity index (χ2n) is 4.49. The van der Waals surface area contributed by atoms with Crippen LogP contribution in [0.1, 0.15) is 19.4 Å². The van der Waals surface area contributed by atoms with Crippen molar-refractivity contribution < 1.29 is 9.47 Å². The molecule has 5 nitrogen and oxygen atoms in total. The molecule has 0 saturated carbocycles. The Balaban J connectivity index is 2.38. The first-order chi connectivity index (χ1) is 10.3. The third-order valence-electron chi connectivity index (χ3n) is 2.89. The highest BCUT2D eigenvalue weighted by atomic mass is 16.5. The number of benzene rings is 1. The molecule has 0 aliphatic rings. The van der Waals surface area contributed by atoms with E-state index in [1.807, 2.05) is 19.1 Å². The Morgan fingerprint density at radius 2 is 2.10 bits per heavy atom. The quantitative estimate of drug-likeness (QED) is 0.414. The van der Waals surface area contributed by atoms with Gasteiger partial charge in [-0.15, -0.1) is 0 Å². The zero-order valence-electron chi connectivity index (χ0n) is 13.3. The fraction of sp³-hybridized carbons (Fsp3) is 0.562. The zero-order chi connectivity index (χ0) is 15.3. The Morgan fingerprint density at radius 3 is 2.81 bits per heavy atom. The van der Waals surface area contributed by atoms with Crippen LogP contribution in [0.5, 0.6) is 5.75 Å². The Hall–Kier alpha value is -1.75. The summed E-state index contributed by atoms with van der Waals surface area (Å²) in [7, 11) is 1.69. The molecule has 1 aromatic carbocycles. The molecule has 21 heavy (non-hydrogen) atoms. The van der Waals surface area contributed by atoms with E-state index in [0.717, 1.165) is 37.8 Å². The van der Waals surface area contributed by atoms with Gasteiger partial charge in [0.1, 0.15) is 5.75 Å². The highest BCUT2D eigenvalue weighted by Gasteiger charge is 1.99. The van der Waals surface area contributed by atoms with Gasteiger partial charge in [-0.3, -0.25) is 4.99 Å². The summed E-state index contributed by atoms with van der Waals surface area (Å²) >= 11 is 0. The molecule has 0 unspecified atom stereocenters. The SMILES string of the molecule is CCNC(=NCCOCC)NCCc1cccc(OC)c1. The van der Waals surface area contributed by atoms with Crippen LogP contribution in [-0.2, 0) is 11.2 Å². The van der Waals surface area contributed by atoms with E-state index >= 15 is 0 Å². The lowest BCUT2D eigenvalue weighted by Crippen LogP contribution is -2.38. The zero-order valence-corrected chi connectivity index (χ0v) is 13.3. The molecule has 1 rings (SSSR count). The lowest BCUT2D eigenvalue weighted by Gasteiger charge is -2.11. The van der Waals surface area contributed by atoms with Crippen molar-refractivity contribution >= 4 is 5.96 Å². The second-order valence-corrected chi connectivity index (χ2v) is 4.49. The van der Waals surface area contributed by atoms with E-state index in [0.29, 0.717) is 13.2 Å². The Bertz CT molecular complexity index is 422. The van der Waals surface area contributed by atoms with Gasteiger partial charge in [-0.2, -0.15) is 0 Å². The number of rotatable bonds is 9. The van der Waals surface area contributed by atoms with Crippen molar-refractivity contribution in [2.45, 2.75) is 20.3 Å². The standard InChI is InChI=1S/C16H27N3O2/c1-4-17-16(19-11-12-21-5-2)18-10-9-14-7-6-8-15(13-14)20-3/h6-8,13H,4-5,9-12H2,1-3H3,(H2,17,18,19). The van der Waals surface area contributed by atoms with E-state index in [1.54, 1.807) is 7.11 Å². The number of hydrogen-bond donors (Lipinski definition) is 2. The molecule has 118 valence electrons. The topological polar surface area (TPSA) is 54.9 Å². The lowest BCUT2D eigenvalue weighted by molar-refractivity contribution is 0.155. The van der Waals surface area contributed by atoms with Crippen LogP contribution in [0.25, 0.3) is 0 Å². The normalized spacial score (nSPS) is 11.3. The van der Waals surface area contributed by atoms with Gasteiger partial charge in [-0.05, 0) is 38.0 Å². The van der Waals surface area contributed by atoms with Crippen molar-refractivity contribution in [1.29, 1.82) is 0 Å². The summed E-state index contributed by atoms with van der Waals surface area (Å²) in [5.41, 5.74) is 1.24. The van der Waals surface area contributed by atoms with Crippen LogP contribution in [0.3, 0.4) is 0 Å². The fourth-order valence-electron chi connectivity index (χ4n) is 1.86. The van der Waals surface area contributed by atoms with Crippen molar-refractivity contribution in [3.63, 3.8) is 0 Å². The predicted octanol–water partition coefficient (Wildman–Crippen LogP) is 1.83. The van der Waals surface area contributed by atoms with Gasteiger partial charge in [0.15, 0.2) is 5.96 Å². The fourth-order valence-corrected chi connectivity index (χ4v) is 1.86. The molecule has 2 N–H and O–H groups in total. The molecule has 0 atom stereocenters. The van der Waals surface area contributed by atoms with Crippen LogP contribution in [0.4, 0.5) is 0 Å². The van der Waals surface area contributed by atoms with Crippen molar-refractivity contribution in [1.82, 2.24) is 10.6 Å². The number of hydrogen-bond acceptors (Lipinski definition) is 3. The smallest absolute Gasteiger partial charge is 0.191 e. The Labute approximate surface area is 127 Å². The second kappa shape index (κ2) is 11.0. The van der Waals surface area contributed by atoms with Gasteiger partial charge in [-0.1, -0.05) is 12.1 Å². The van der Waals surface area contributed by atoms with Crippen LogP contribution in [0, 0.1) is 0 Å². The molecule has 1 aromatic rings. The third-order valence-corrected chi connectivity index (χ3v) is 2.89. The van der Waals surface area contributed by atoms with Crippen LogP contribution >= 0.6 is 0 Å². The molecule has 5 heteroatoms. The van der Waals surface area contributed by atoms with Crippen LogP contribution in [0.2, 0.25) is 0 Å². The van der Waals surface area contributed by atoms with Crippen molar-refractivity contribution in [3.8, 4) is 5.75 Å². The number of nitrogens with zero attached hydrogens (tertiary/aromatic N) is 1. The number of methoxy groups -OCH3 is 1. The van der Waals surface area contributed by atoms with Crippen molar-refractivity contribution in [2.75, 3.05) is 40.0 Å². The van der Waals surface area contributed by atoms with E-state index < -0.39 is 0 Å². The highest BCUT2D eigenvalue weighted by Crippen LogP contribution is 2.12. The van der Waals surface area contributed by atoms with Crippen LogP contribution < -0.4 is 15.4 Å². The molecule has 0 fully saturated rings. The van der Waals surface area contributed by atoms with E-state index in [4.69, 9.17) is 9.47 Å². The lowest BCUT2D eigenvalue weighted by atomic mass is 10.1. The van der Waals surface area contributed by atoms with Crippen LogP contribution in [0.15, 0.2) is 29.3 Å². The highest BCUT2D eigenvalue weighted by molar-refractivity contribution is 5.79. The summed E-state index contributed by atoms with van der Waals surface area (Å²) in [6.45, 7) is 7.77. The minimum Gasteiger partial charge on any atom is -0.497 e. The van der Waals surface area contributed by atoms with Gasteiger partial charge in [0.2, 0.25) is 0 Å². The Morgan fingerprint density at radius 1 is 1.24 bits per heavy atom. The van der Waals surface area contributed by atoms with Gasteiger partial charge in [-0.25, -0.2) is 0 Å². The van der Waals surface area contributed by atoms with Gasteiger partial charge >= 0.3 is 0 Å². The summed E-state index contributed by atoms with van der Waals surface area (Å²) in [4.78, 5) is 4.46. The molecular formula is C16H27N3O2. The summed E-state index contributed by atoms with van der Waals surface area (Å²) in [6, 6.07) is 8.12. The van der Waals surface area contributed by atoms with Crippen molar-refractivity contribution in [2.24, 2.45) is 4.99 Å². The molecule has 0 saturated heterocycles. The molecule has 0 aromatic heterocycles. The molecule has 0 bridgehead atoms. The number of nitrogens with one attached hydrogen (secondary N) is 2. The maximum Gasteiger partial charge on any atom is 0.191 e. The van der Waals surface area contributed by atoms with E-state index in [2.05, 4.69) is 34.7 Å². The van der Waals surface area contributed by atoms with Gasteiger partial charge in [0, 0.05) is 19.7 Å². The van der Waals surface area contributed by atoms with Gasteiger partial charge in [0.25, 0.3) is 0 Å². The van der Waals surface area contributed by atoms with Crippen LogP contribution in [-0.4, -0.2) is 45.9 Å². The molecule has 0 amide bonds. The average molecular weight is 293 g/mol. The van der Waals surface area contributed by atoms with E-state index in [-0.39, 0.29) is 0 Å². The number of guanidine groups is 1. The number of aliphatic imine (C=N–C) groups is 1. The van der Waals surface area contributed by atoms with E-state index in [9.17, 15) is 0 Å². The van der Waals surface area contributed by atoms with Crippen molar-refractivity contribution in [3.05, 3.63) is 29.8 Å². The first-order valence-corrected chi connectivity index (χ1v) is 7.53. The molecule has 0 aliphatic heterocycles. The summed E-state index contributed by atoms with van der Waals surface area (Å²) in [6.07, 6.45) is 0.924. The predicted molar refractivity (Wildman–Crippen MR) is 87.2 cm³/mol. The molecule has 0 heterocycles. The Kier molecular flexibility index (Phi) is 9.04. The number of ether oxygens (including phenoxy) is 2. The minimum absolute atomic E-state index is 0.656. The average Bonchev–Trinajstić information content (AvgIpc) is 2.51. The van der Waals surface area contributed by atoms with E-state index in [1.165, 1.54) is 5.56 Å². The molecular weight excluding hydrogens is 266 g/mol. The summed E-state index contributed by atoms with van der Waals surface area (Å²) < 4.78 is 10.5. The first kappa shape index (κ1) is 17.3. The molecule has 0 aliphatic carbocycles. The monoisotopic (exact) mass is 293 g/mol. The maximum atomic E-state index is 5.28. The molecule has 0 spiro atoms. The summed E-state index contributed by atoms with van der Waals surface area (Å²) in [5, 5.41) is 6.55. The first-order valence-electron chi connectivity index (χ1n) is 7.53. The molecule has 0 radical (unpaired) electrons. The van der Waals surface area contributed by atoms with Gasteiger partial charge < -0.3 is 20.1 Å².